The van der Waals surface area contributed by atoms with E-state index in [0.29, 0.717) is 6.07 Å². The summed E-state index contributed by atoms with van der Waals surface area (Å²) >= 11 is 0. The Morgan fingerprint density at radius 2 is 2.06 bits per heavy atom. The van der Waals surface area contributed by atoms with Crippen molar-refractivity contribution < 1.29 is 18.5 Å². The number of nitro groups is 1. The monoisotopic (exact) mass is 259 g/mol. The Labute approximate surface area is 101 Å². The summed E-state index contributed by atoms with van der Waals surface area (Å²) < 4.78 is 26.3. The van der Waals surface area contributed by atoms with Gasteiger partial charge in [-0.15, -0.1) is 0 Å². The molecule has 0 aromatic heterocycles. The maximum Gasteiger partial charge on any atom is 0.305 e. The number of benzene rings is 1. The summed E-state index contributed by atoms with van der Waals surface area (Å²) in [5.74, 6) is -2.44. The Morgan fingerprint density at radius 3 is 2.61 bits per heavy atom. The minimum atomic E-state index is -1.23. The summed E-state index contributed by atoms with van der Waals surface area (Å²) in [5, 5.41) is 15.4. The second-order valence-electron chi connectivity index (χ2n) is 3.43. The number of hydrogen-bond donors (Lipinski definition) is 2. The first-order valence-corrected chi connectivity index (χ1v) is 4.99. The first-order valence-electron chi connectivity index (χ1n) is 4.99. The van der Waals surface area contributed by atoms with Crippen LogP contribution in [0.2, 0.25) is 0 Å². The number of rotatable bonds is 5. The third kappa shape index (κ3) is 3.45. The van der Waals surface area contributed by atoms with E-state index in [0.717, 1.165) is 6.07 Å². The molecular weight excluding hydrogens is 248 g/mol. The van der Waals surface area contributed by atoms with E-state index in [1.165, 1.54) is 7.05 Å². The van der Waals surface area contributed by atoms with E-state index in [1.54, 1.807) is 0 Å². The molecule has 0 saturated carbocycles. The van der Waals surface area contributed by atoms with Gasteiger partial charge in [0.05, 0.1) is 11.5 Å². The van der Waals surface area contributed by atoms with Crippen LogP contribution in [0.4, 0.5) is 14.5 Å². The van der Waals surface area contributed by atoms with Gasteiger partial charge in [-0.1, -0.05) is 0 Å². The van der Waals surface area contributed by atoms with Gasteiger partial charge >= 0.3 is 5.69 Å². The zero-order valence-electron chi connectivity index (χ0n) is 9.50. The molecule has 0 aliphatic carbocycles. The van der Waals surface area contributed by atoms with Gasteiger partial charge in [-0.25, -0.2) is 4.39 Å². The minimum absolute atomic E-state index is 0.0683. The average molecular weight is 259 g/mol. The fourth-order valence-electron chi connectivity index (χ4n) is 1.26. The highest BCUT2D eigenvalue weighted by atomic mass is 19.1. The molecule has 0 spiro atoms. The predicted molar refractivity (Wildman–Crippen MR) is 58.8 cm³/mol. The Bertz CT molecular complexity index is 480. The van der Waals surface area contributed by atoms with Crippen LogP contribution in [0, 0.1) is 21.7 Å². The summed E-state index contributed by atoms with van der Waals surface area (Å²) in [5.41, 5.74) is -0.875. The molecule has 0 unspecified atom stereocenters. The van der Waals surface area contributed by atoms with Crippen LogP contribution in [0.5, 0.6) is 0 Å². The largest absolute Gasteiger partial charge is 0.358 e. The molecule has 98 valence electrons. The normalized spacial score (nSPS) is 10.2. The van der Waals surface area contributed by atoms with Crippen LogP contribution in [0.15, 0.2) is 12.1 Å². The van der Waals surface area contributed by atoms with E-state index in [4.69, 9.17) is 0 Å². The molecule has 0 fully saturated rings. The van der Waals surface area contributed by atoms with Gasteiger partial charge in [0.2, 0.25) is 11.7 Å². The number of hydrogen-bond acceptors (Lipinski definition) is 4. The smallest absolute Gasteiger partial charge is 0.305 e. The highest BCUT2D eigenvalue weighted by Gasteiger charge is 2.18. The van der Waals surface area contributed by atoms with Crippen LogP contribution in [-0.2, 0) is 11.3 Å². The van der Waals surface area contributed by atoms with Crippen molar-refractivity contribution >= 4 is 11.6 Å². The molecule has 6 nitrogen and oxygen atoms in total. The van der Waals surface area contributed by atoms with Crippen molar-refractivity contribution in [3.8, 4) is 0 Å². The highest BCUT2D eigenvalue weighted by molar-refractivity contribution is 5.77. The fraction of sp³-hybridized carbons (Fsp3) is 0.300. The molecule has 0 saturated heterocycles. The van der Waals surface area contributed by atoms with E-state index in [1.807, 2.05) is 0 Å². The number of nitro benzene ring substituents is 1. The van der Waals surface area contributed by atoms with Crippen LogP contribution in [0.1, 0.15) is 5.56 Å². The van der Waals surface area contributed by atoms with Gasteiger partial charge in [0.25, 0.3) is 0 Å². The molecule has 1 amide bonds. The lowest BCUT2D eigenvalue weighted by atomic mass is 10.2. The van der Waals surface area contributed by atoms with E-state index < -0.39 is 22.2 Å². The third-order valence-electron chi connectivity index (χ3n) is 2.19. The first kappa shape index (κ1) is 14.0. The molecule has 0 aliphatic heterocycles. The number of nitrogens with one attached hydrogen (secondary N) is 2. The quantitative estimate of drug-likeness (QED) is 0.602. The van der Waals surface area contributed by atoms with Crippen LogP contribution in [0.3, 0.4) is 0 Å². The van der Waals surface area contributed by atoms with E-state index in [9.17, 15) is 23.7 Å². The van der Waals surface area contributed by atoms with Gasteiger partial charge in [0.1, 0.15) is 5.82 Å². The van der Waals surface area contributed by atoms with Gasteiger partial charge in [-0.05, 0) is 0 Å². The SMILES string of the molecule is CNC(=O)CNCc1cc([N+](=O)[O-])c(F)cc1F. The van der Waals surface area contributed by atoms with Gasteiger partial charge in [-0.2, -0.15) is 4.39 Å². The highest BCUT2D eigenvalue weighted by Crippen LogP contribution is 2.21. The number of nitrogens with zero attached hydrogens (tertiary/aromatic N) is 1. The van der Waals surface area contributed by atoms with Crippen LogP contribution in [0.25, 0.3) is 0 Å². The molecule has 0 radical (unpaired) electrons. The maximum absolute atomic E-state index is 13.3. The van der Waals surface area contributed by atoms with E-state index in [2.05, 4.69) is 10.6 Å². The van der Waals surface area contributed by atoms with Crippen molar-refractivity contribution in [3.05, 3.63) is 39.4 Å². The lowest BCUT2D eigenvalue weighted by molar-refractivity contribution is -0.387. The Balaban J connectivity index is 2.79. The lowest BCUT2D eigenvalue weighted by Crippen LogP contribution is -2.31. The van der Waals surface area contributed by atoms with Crippen molar-refractivity contribution in [2.45, 2.75) is 6.54 Å². The summed E-state index contributed by atoms with van der Waals surface area (Å²) in [7, 11) is 1.44. The summed E-state index contributed by atoms with van der Waals surface area (Å²) in [6.07, 6.45) is 0. The molecule has 1 aromatic rings. The summed E-state index contributed by atoms with van der Waals surface area (Å²) in [6.45, 7) is -0.179. The van der Waals surface area contributed by atoms with Crippen molar-refractivity contribution in [3.63, 3.8) is 0 Å². The molecule has 0 heterocycles. The maximum atomic E-state index is 13.3. The molecular formula is C10H11F2N3O3. The van der Waals surface area contributed by atoms with Gasteiger partial charge in [0.15, 0.2) is 0 Å². The Morgan fingerprint density at radius 1 is 1.39 bits per heavy atom. The number of carbonyl (C=O) groups excluding carboxylic acids is 1. The Hall–Kier alpha value is -2.09. The zero-order valence-corrected chi connectivity index (χ0v) is 9.50. The molecule has 1 aromatic carbocycles. The Kier molecular flexibility index (Phi) is 4.67. The van der Waals surface area contributed by atoms with Crippen molar-refractivity contribution in [1.82, 2.24) is 10.6 Å². The van der Waals surface area contributed by atoms with Gasteiger partial charge < -0.3 is 10.6 Å². The molecule has 8 heteroatoms. The molecule has 18 heavy (non-hydrogen) atoms. The number of carbonyl (C=O) groups is 1. The molecule has 0 bridgehead atoms. The fourth-order valence-corrected chi connectivity index (χ4v) is 1.26. The zero-order chi connectivity index (χ0) is 13.7. The third-order valence-corrected chi connectivity index (χ3v) is 2.19. The van der Waals surface area contributed by atoms with Crippen LogP contribution >= 0.6 is 0 Å². The molecule has 0 atom stereocenters. The van der Waals surface area contributed by atoms with Gasteiger partial charge in [0, 0.05) is 31.3 Å². The van der Waals surface area contributed by atoms with Crippen molar-refractivity contribution in [2.75, 3.05) is 13.6 Å². The van der Waals surface area contributed by atoms with E-state index >= 15 is 0 Å². The first-order chi connectivity index (χ1) is 8.45. The molecule has 0 aliphatic rings. The second kappa shape index (κ2) is 6.01. The van der Waals surface area contributed by atoms with E-state index in [-0.39, 0.29) is 24.6 Å². The van der Waals surface area contributed by atoms with Crippen molar-refractivity contribution in [2.24, 2.45) is 0 Å². The predicted octanol–water partition coefficient (Wildman–Crippen LogP) is 0.709. The number of amides is 1. The number of halogens is 2. The lowest BCUT2D eigenvalue weighted by Gasteiger charge is -2.05. The summed E-state index contributed by atoms with van der Waals surface area (Å²) in [4.78, 5) is 20.4. The van der Waals surface area contributed by atoms with Crippen LogP contribution < -0.4 is 10.6 Å². The number of likely N-dealkylation sites (N-methyl/N-ethyl adjacent to an activating group) is 1. The topological polar surface area (TPSA) is 84.3 Å². The standard InChI is InChI=1S/C10H11F2N3O3/c1-13-10(16)5-14-4-6-2-9(15(17)18)8(12)3-7(6)11/h2-3,14H,4-5H2,1H3,(H,13,16). The van der Waals surface area contributed by atoms with Gasteiger partial charge in [-0.3, -0.25) is 14.9 Å². The second-order valence-corrected chi connectivity index (χ2v) is 3.43. The van der Waals surface area contributed by atoms with Crippen LogP contribution in [-0.4, -0.2) is 24.4 Å². The summed E-state index contributed by atoms with van der Waals surface area (Å²) in [6, 6.07) is 1.26. The average Bonchev–Trinajstić information content (AvgIpc) is 2.31. The molecule has 2 N–H and O–H groups in total. The molecule has 1 rings (SSSR count). The van der Waals surface area contributed by atoms with Crippen molar-refractivity contribution in [1.29, 1.82) is 0 Å². The minimum Gasteiger partial charge on any atom is -0.358 e.